The Morgan fingerprint density at radius 1 is 0.756 bits per heavy atom. The minimum absolute atomic E-state index is 0.276. The van der Waals surface area contributed by atoms with Crippen molar-refractivity contribution in [2.45, 2.75) is 53.9 Å². The Balaban J connectivity index is 1.28. The summed E-state index contributed by atoms with van der Waals surface area (Å²) < 4.78 is 0. The van der Waals surface area contributed by atoms with Gasteiger partial charge >= 0.3 is 0 Å². The first-order valence-corrected chi connectivity index (χ1v) is 15.7. The van der Waals surface area contributed by atoms with E-state index in [2.05, 4.69) is 75.2 Å². The fourth-order valence-electron chi connectivity index (χ4n) is 5.56. The molecule has 0 saturated carbocycles. The van der Waals surface area contributed by atoms with Crippen molar-refractivity contribution in [2.24, 2.45) is 16.3 Å². The Morgan fingerprint density at radius 3 is 2.07 bits per heavy atom. The lowest BCUT2D eigenvalue weighted by Gasteiger charge is -2.27. The van der Waals surface area contributed by atoms with Crippen molar-refractivity contribution in [1.82, 2.24) is 19.9 Å². The van der Waals surface area contributed by atoms with Gasteiger partial charge in [0.1, 0.15) is 5.69 Å². The number of rotatable bonds is 7. The summed E-state index contributed by atoms with van der Waals surface area (Å²) in [5.41, 5.74) is 16.9. The van der Waals surface area contributed by atoms with Gasteiger partial charge in [0.25, 0.3) is 0 Å². The van der Waals surface area contributed by atoms with Crippen LogP contribution in [-0.2, 0) is 12.8 Å². The smallest absolute Gasteiger partial charge is 0.182 e. The molecule has 2 aromatic heterocycles. The number of fused-ring (bicyclic) bond motifs is 1. The van der Waals surface area contributed by atoms with Crippen molar-refractivity contribution >= 4 is 22.7 Å². The normalized spacial score (nSPS) is 13.8. The monoisotopic (exact) mass is 592 g/mol. The SMILES string of the molecule is CC1=Nc2c(ccc(CCC(C)C(C)(C)C)c2N)CC(c2ccc(-c3nc(-c4ccccc4)nc(-c4ccccn4)n3)cc2)=C1. The fraction of sp³-hybridized carbons (Fsp3) is 0.256. The van der Waals surface area contributed by atoms with E-state index in [9.17, 15) is 0 Å². The number of aromatic nitrogens is 4. The van der Waals surface area contributed by atoms with E-state index >= 15 is 0 Å². The molecule has 6 heteroatoms. The Bertz CT molecular complexity index is 1810. The average Bonchev–Trinajstić information content (AvgIpc) is 3.23. The number of pyridine rings is 1. The van der Waals surface area contributed by atoms with Crippen LogP contribution >= 0.6 is 0 Å². The van der Waals surface area contributed by atoms with Gasteiger partial charge in [0, 0.05) is 29.5 Å². The molecule has 3 aromatic carbocycles. The average molecular weight is 593 g/mol. The van der Waals surface area contributed by atoms with Gasteiger partial charge in [-0.3, -0.25) is 9.98 Å². The van der Waals surface area contributed by atoms with Crippen molar-refractivity contribution in [3.8, 4) is 34.3 Å². The summed E-state index contributed by atoms with van der Waals surface area (Å²) in [6.07, 6.45) is 6.74. The topological polar surface area (TPSA) is 89.9 Å². The Morgan fingerprint density at radius 2 is 1.40 bits per heavy atom. The highest BCUT2D eigenvalue weighted by Crippen LogP contribution is 2.38. The molecule has 226 valence electrons. The van der Waals surface area contributed by atoms with Crippen LogP contribution in [0.5, 0.6) is 0 Å². The molecular formula is C39H40N6. The molecule has 2 N–H and O–H groups in total. The molecule has 1 aliphatic rings. The molecule has 1 aliphatic heterocycles. The quantitative estimate of drug-likeness (QED) is 0.190. The van der Waals surface area contributed by atoms with Gasteiger partial charge in [-0.1, -0.05) is 100 Å². The summed E-state index contributed by atoms with van der Waals surface area (Å²) in [7, 11) is 0. The van der Waals surface area contributed by atoms with Gasteiger partial charge in [-0.05, 0) is 71.6 Å². The Labute approximate surface area is 266 Å². The third-order valence-corrected chi connectivity index (χ3v) is 8.84. The van der Waals surface area contributed by atoms with Gasteiger partial charge in [0.05, 0.1) is 11.4 Å². The fourth-order valence-corrected chi connectivity index (χ4v) is 5.56. The van der Waals surface area contributed by atoms with E-state index in [1.54, 1.807) is 6.20 Å². The highest BCUT2D eigenvalue weighted by molar-refractivity contribution is 6.03. The number of aliphatic imine (C=N–C) groups is 1. The third kappa shape index (κ3) is 6.75. The molecule has 0 aliphatic carbocycles. The standard InChI is InChI=1S/C39H40N6/c1-25(39(3,4)5)14-15-28-18-21-31-24-32(23-26(2)42-35(31)34(28)40)27-16-19-30(20-17-27)37-43-36(29-11-7-6-8-12-29)44-38(45-37)33-13-9-10-22-41-33/h6-13,16-23,25H,14-15,24,40H2,1-5H3. The summed E-state index contributed by atoms with van der Waals surface area (Å²) in [4.78, 5) is 23.9. The number of nitrogens with zero attached hydrogens (tertiary/aromatic N) is 5. The van der Waals surface area contributed by atoms with Crippen molar-refractivity contribution in [3.05, 3.63) is 114 Å². The predicted molar refractivity (Wildman–Crippen MR) is 186 cm³/mol. The second kappa shape index (κ2) is 12.6. The molecule has 6 nitrogen and oxygen atoms in total. The minimum atomic E-state index is 0.276. The van der Waals surface area contributed by atoms with Crippen molar-refractivity contribution in [3.63, 3.8) is 0 Å². The van der Waals surface area contributed by atoms with Gasteiger partial charge in [0.2, 0.25) is 0 Å². The lowest BCUT2D eigenvalue weighted by molar-refractivity contribution is 0.247. The Hall–Kier alpha value is -4.97. The number of anilines is 1. The van der Waals surface area contributed by atoms with E-state index in [1.807, 2.05) is 55.5 Å². The molecule has 6 rings (SSSR count). The second-order valence-electron chi connectivity index (χ2n) is 13.0. The molecule has 3 heterocycles. The van der Waals surface area contributed by atoms with Crippen LogP contribution in [0.15, 0.2) is 102 Å². The van der Waals surface area contributed by atoms with Crippen LogP contribution in [0.1, 0.15) is 57.7 Å². The number of aryl methyl sites for hydroxylation is 1. The molecule has 0 amide bonds. The van der Waals surface area contributed by atoms with Gasteiger partial charge in [-0.15, -0.1) is 0 Å². The summed E-state index contributed by atoms with van der Waals surface area (Å²) in [6.45, 7) is 11.3. The summed E-state index contributed by atoms with van der Waals surface area (Å²) >= 11 is 0. The lowest BCUT2D eigenvalue weighted by atomic mass is 9.79. The first kappa shape index (κ1) is 30.1. The molecule has 0 fully saturated rings. The molecule has 1 unspecified atom stereocenters. The maximum absolute atomic E-state index is 6.75. The first-order chi connectivity index (χ1) is 21.7. The number of benzene rings is 3. The zero-order valence-electron chi connectivity index (χ0n) is 26.7. The maximum Gasteiger partial charge on any atom is 0.182 e. The zero-order valence-corrected chi connectivity index (χ0v) is 26.7. The second-order valence-corrected chi connectivity index (χ2v) is 13.0. The van der Waals surface area contributed by atoms with E-state index in [0.29, 0.717) is 29.1 Å². The molecular weight excluding hydrogens is 552 g/mol. The van der Waals surface area contributed by atoms with Crippen molar-refractivity contribution < 1.29 is 0 Å². The molecule has 0 spiro atoms. The van der Waals surface area contributed by atoms with E-state index in [1.165, 1.54) is 11.1 Å². The highest BCUT2D eigenvalue weighted by atomic mass is 15.0. The maximum atomic E-state index is 6.75. The van der Waals surface area contributed by atoms with Gasteiger partial charge < -0.3 is 5.73 Å². The van der Waals surface area contributed by atoms with Gasteiger partial charge in [0.15, 0.2) is 17.5 Å². The van der Waals surface area contributed by atoms with Gasteiger partial charge in [-0.2, -0.15) is 0 Å². The largest absolute Gasteiger partial charge is 0.397 e. The van der Waals surface area contributed by atoms with Gasteiger partial charge in [-0.25, -0.2) is 15.0 Å². The van der Waals surface area contributed by atoms with Crippen LogP contribution in [0.4, 0.5) is 11.4 Å². The molecule has 1 atom stereocenters. The van der Waals surface area contributed by atoms with Crippen molar-refractivity contribution in [2.75, 3.05) is 5.73 Å². The number of nitrogen functional groups attached to an aromatic ring is 1. The van der Waals surface area contributed by atoms with Crippen LogP contribution in [0.3, 0.4) is 0 Å². The van der Waals surface area contributed by atoms with Crippen LogP contribution in [0.2, 0.25) is 0 Å². The van der Waals surface area contributed by atoms with Crippen LogP contribution < -0.4 is 5.73 Å². The summed E-state index contributed by atoms with van der Waals surface area (Å²) in [5, 5.41) is 0. The van der Waals surface area contributed by atoms with Crippen LogP contribution in [0.25, 0.3) is 39.9 Å². The molecule has 0 saturated heterocycles. The lowest BCUT2D eigenvalue weighted by Crippen LogP contribution is -2.18. The van der Waals surface area contributed by atoms with Crippen LogP contribution in [0, 0.1) is 11.3 Å². The Kier molecular flexibility index (Phi) is 8.40. The van der Waals surface area contributed by atoms with Crippen LogP contribution in [-0.4, -0.2) is 25.6 Å². The van der Waals surface area contributed by atoms with E-state index < -0.39 is 0 Å². The number of nitrogens with two attached hydrogens (primary N) is 1. The number of hydrogen-bond donors (Lipinski definition) is 1. The predicted octanol–water partition coefficient (Wildman–Crippen LogP) is 9.20. The number of allylic oxidation sites excluding steroid dienone is 2. The molecule has 0 bridgehead atoms. The minimum Gasteiger partial charge on any atom is -0.397 e. The van der Waals surface area contributed by atoms with E-state index in [-0.39, 0.29) is 5.41 Å². The molecule has 45 heavy (non-hydrogen) atoms. The van der Waals surface area contributed by atoms with E-state index in [0.717, 1.165) is 58.6 Å². The molecule has 0 radical (unpaired) electrons. The van der Waals surface area contributed by atoms with Crippen molar-refractivity contribution in [1.29, 1.82) is 0 Å². The summed E-state index contributed by atoms with van der Waals surface area (Å²) in [6, 6.07) is 28.6. The molecule has 5 aromatic rings. The van der Waals surface area contributed by atoms with E-state index in [4.69, 9.17) is 25.7 Å². The summed E-state index contributed by atoms with van der Waals surface area (Å²) in [5.74, 6) is 2.37. The zero-order chi connectivity index (χ0) is 31.6. The number of hydrogen-bond acceptors (Lipinski definition) is 6. The highest BCUT2D eigenvalue weighted by Gasteiger charge is 2.21. The third-order valence-electron chi connectivity index (χ3n) is 8.84. The first-order valence-electron chi connectivity index (χ1n) is 15.7.